The minimum absolute atomic E-state index is 0.559. The van der Waals surface area contributed by atoms with E-state index in [0.717, 1.165) is 50.4 Å². The van der Waals surface area contributed by atoms with Gasteiger partial charge in [-0.2, -0.15) is 0 Å². The summed E-state index contributed by atoms with van der Waals surface area (Å²) < 4.78 is 16.7. The van der Waals surface area contributed by atoms with E-state index in [9.17, 15) is 0 Å². The third-order valence-corrected chi connectivity index (χ3v) is 2.69. The Kier molecular flexibility index (Phi) is 5.33. The van der Waals surface area contributed by atoms with Crippen molar-refractivity contribution in [3.8, 4) is 0 Å². The summed E-state index contributed by atoms with van der Waals surface area (Å²) in [6, 6.07) is 3.93. The zero-order chi connectivity index (χ0) is 11.8. The van der Waals surface area contributed by atoms with E-state index in [1.807, 2.05) is 12.1 Å². The molecule has 2 bridgehead atoms. The van der Waals surface area contributed by atoms with Gasteiger partial charge in [-0.3, -0.25) is 0 Å². The zero-order valence-electron chi connectivity index (χ0n) is 10.2. The number of hydrogen-bond acceptors (Lipinski definition) is 3. The fourth-order valence-corrected chi connectivity index (χ4v) is 1.77. The van der Waals surface area contributed by atoms with Crippen molar-refractivity contribution in [1.82, 2.24) is 0 Å². The van der Waals surface area contributed by atoms with E-state index in [2.05, 4.69) is 12.2 Å². The SMILES string of the molecule is C1=C\CCCOCc2ccc(o2)COCCC/1. The predicted molar refractivity (Wildman–Crippen MR) is 65.6 cm³/mol. The van der Waals surface area contributed by atoms with Crippen molar-refractivity contribution in [3.05, 3.63) is 35.8 Å². The van der Waals surface area contributed by atoms with Crippen molar-refractivity contribution in [2.45, 2.75) is 38.9 Å². The molecule has 94 valence electrons. The molecule has 2 rings (SSSR count). The first-order valence-electron chi connectivity index (χ1n) is 6.33. The molecule has 1 aliphatic heterocycles. The molecule has 17 heavy (non-hydrogen) atoms. The molecular weight excluding hydrogens is 216 g/mol. The number of fused-ring (bicyclic) bond motifs is 2. The lowest BCUT2D eigenvalue weighted by Gasteiger charge is -2.01. The largest absolute Gasteiger partial charge is 0.461 e. The van der Waals surface area contributed by atoms with Crippen LogP contribution in [0.1, 0.15) is 37.2 Å². The first kappa shape index (κ1) is 12.4. The van der Waals surface area contributed by atoms with Crippen LogP contribution in [0.3, 0.4) is 0 Å². The molecule has 3 nitrogen and oxygen atoms in total. The molecule has 0 fully saturated rings. The Bertz CT molecular complexity index is 310. The number of ether oxygens (including phenoxy) is 2. The quantitative estimate of drug-likeness (QED) is 0.647. The second-order valence-corrected chi connectivity index (χ2v) is 4.23. The molecule has 1 aromatic heterocycles. The highest BCUT2D eigenvalue weighted by Gasteiger charge is 2.02. The summed E-state index contributed by atoms with van der Waals surface area (Å²) in [5.41, 5.74) is 0. The maximum absolute atomic E-state index is 5.59. The van der Waals surface area contributed by atoms with Crippen LogP contribution < -0.4 is 0 Å². The number of rotatable bonds is 0. The van der Waals surface area contributed by atoms with Gasteiger partial charge in [-0.25, -0.2) is 0 Å². The third kappa shape index (κ3) is 4.75. The van der Waals surface area contributed by atoms with E-state index in [1.54, 1.807) is 0 Å². The minimum atomic E-state index is 0.559. The van der Waals surface area contributed by atoms with E-state index in [1.165, 1.54) is 0 Å². The highest BCUT2D eigenvalue weighted by molar-refractivity contribution is 5.05. The van der Waals surface area contributed by atoms with Crippen molar-refractivity contribution in [1.29, 1.82) is 0 Å². The van der Waals surface area contributed by atoms with Gasteiger partial charge in [-0.1, -0.05) is 12.2 Å². The Morgan fingerprint density at radius 1 is 0.765 bits per heavy atom. The molecule has 0 N–H and O–H groups in total. The summed E-state index contributed by atoms with van der Waals surface area (Å²) in [7, 11) is 0. The van der Waals surface area contributed by atoms with E-state index >= 15 is 0 Å². The Morgan fingerprint density at radius 3 is 1.82 bits per heavy atom. The van der Waals surface area contributed by atoms with E-state index < -0.39 is 0 Å². The molecule has 2 heterocycles. The third-order valence-electron chi connectivity index (χ3n) is 2.69. The molecule has 0 saturated carbocycles. The first-order valence-corrected chi connectivity index (χ1v) is 6.33. The van der Waals surface area contributed by atoms with Gasteiger partial charge in [0.15, 0.2) is 0 Å². The van der Waals surface area contributed by atoms with Gasteiger partial charge in [0.2, 0.25) is 0 Å². The summed E-state index contributed by atoms with van der Waals surface area (Å²) in [6.45, 7) is 2.70. The summed E-state index contributed by atoms with van der Waals surface area (Å²) >= 11 is 0. The predicted octanol–water partition coefficient (Wildman–Crippen LogP) is 3.44. The van der Waals surface area contributed by atoms with Crippen molar-refractivity contribution in [2.75, 3.05) is 13.2 Å². The lowest BCUT2D eigenvalue weighted by molar-refractivity contribution is 0.0886. The van der Waals surface area contributed by atoms with Crippen LogP contribution in [0.5, 0.6) is 0 Å². The molecule has 0 radical (unpaired) electrons. The van der Waals surface area contributed by atoms with Crippen LogP contribution in [0.2, 0.25) is 0 Å². The summed E-state index contributed by atoms with van der Waals surface area (Å²) in [5, 5.41) is 0. The van der Waals surface area contributed by atoms with Gasteiger partial charge in [-0.05, 0) is 37.8 Å². The zero-order valence-corrected chi connectivity index (χ0v) is 10.2. The lowest BCUT2D eigenvalue weighted by atomic mass is 10.2. The molecular formula is C14H20O3. The van der Waals surface area contributed by atoms with Gasteiger partial charge < -0.3 is 13.9 Å². The number of allylic oxidation sites excluding steroid dienone is 2. The minimum Gasteiger partial charge on any atom is -0.461 e. The van der Waals surface area contributed by atoms with Crippen LogP contribution in [0.15, 0.2) is 28.7 Å². The Hall–Kier alpha value is -1.06. The Balaban J connectivity index is 1.85. The molecule has 1 aliphatic rings. The molecule has 0 unspecified atom stereocenters. The van der Waals surface area contributed by atoms with Crippen molar-refractivity contribution < 1.29 is 13.9 Å². The molecule has 0 saturated heterocycles. The summed E-state index contributed by atoms with van der Waals surface area (Å²) in [5.74, 6) is 1.77. The van der Waals surface area contributed by atoms with Crippen molar-refractivity contribution in [3.63, 3.8) is 0 Å². The van der Waals surface area contributed by atoms with Crippen LogP contribution in [0, 0.1) is 0 Å². The highest BCUT2D eigenvalue weighted by Crippen LogP contribution is 2.11. The number of furan rings is 1. The van der Waals surface area contributed by atoms with E-state index in [4.69, 9.17) is 13.9 Å². The van der Waals surface area contributed by atoms with Gasteiger partial charge in [-0.15, -0.1) is 0 Å². The lowest BCUT2D eigenvalue weighted by Crippen LogP contribution is -1.94. The van der Waals surface area contributed by atoms with Crippen molar-refractivity contribution >= 4 is 0 Å². The van der Waals surface area contributed by atoms with Crippen LogP contribution >= 0.6 is 0 Å². The average Bonchev–Trinajstić information content (AvgIpc) is 2.77. The van der Waals surface area contributed by atoms with Gasteiger partial charge in [0.25, 0.3) is 0 Å². The van der Waals surface area contributed by atoms with Crippen LogP contribution in [0.25, 0.3) is 0 Å². The van der Waals surface area contributed by atoms with Gasteiger partial charge in [0, 0.05) is 13.2 Å². The second kappa shape index (κ2) is 7.30. The molecule has 0 atom stereocenters. The monoisotopic (exact) mass is 236 g/mol. The maximum atomic E-state index is 5.59. The fraction of sp³-hybridized carbons (Fsp3) is 0.571. The van der Waals surface area contributed by atoms with Crippen LogP contribution in [-0.4, -0.2) is 13.2 Å². The molecule has 0 amide bonds. The first-order chi connectivity index (χ1) is 8.45. The Morgan fingerprint density at radius 2 is 1.29 bits per heavy atom. The maximum Gasteiger partial charge on any atom is 0.129 e. The summed E-state index contributed by atoms with van der Waals surface area (Å²) in [4.78, 5) is 0. The van der Waals surface area contributed by atoms with Gasteiger partial charge in [0.05, 0.1) is 0 Å². The van der Waals surface area contributed by atoms with E-state index in [-0.39, 0.29) is 0 Å². The number of hydrogen-bond donors (Lipinski definition) is 0. The smallest absolute Gasteiger partial charge is 0.129 e. The van der Waals surface area contributed by atoms with E-state index in [0.29, 0.717) is 13.2 Å². The normalized spacial score (nSPS) is 21.4. The standard InChI is InChI=1S/C14H20O3/c1-2-4-6-10-16-12-14-8-7-13(17-14)11-15-9-5-3-1/h1-2,7-8H,3-6,9-12H2/b2-1-. The van der Waals surface area contributed by atoms with Crippen molar-refractivity contribution in [2.24, 2.45) is 0 Å². The van der Waals surface area contributed by atoms with Crippen LogP contribution in [0.4, 0.5) is 0 Å². The Labute approximate surface area is 102 Å². The average molecular weight is 236 g/mol. The van der Waals surface area contributed by atoms with Gasteiger partial charge in [0.1, 0.15) is 24.7 Å². The molecule has 0 aromatic carbocycles. The second-order valence-electron chi connectivity index (χ2n) is 4.23. The topological polar surface area (TPSA) is 31.6 Å². The molecule has 0 aliphatic carbocycles. The summed E-state index contributed by atoms with van der Waals surface area (Å²) in [6.07, 6.45) is 8.77. The molecule has 0 spiro atoms. The molecule has 3 heteroatoms. The van der Waals surface area contributed by atoms with Gasteiger partial charge >= 0.3 is 0 Å². The highest BCUT2D eigenvalue weighted by atomic mass is 16.5. The fourth-order valence-electron chi connectivity index (χ4n) is 1.77. The van der Waals surface area contributed by atoms with Crippen LogP contribution in [-0.2, 0) is 22.7 Å². The molecule has 1 aromatic rings.